The fourth-order valence-corrected chi connectivity index (χ4v) is 3.67. The van der Waals surface area contributed by atoms with Crippen molar-refractivity contribution >= 4 is 23.6 Å². The van der Waals surface area contributed by atoms with Crippen LogP contribution >= 0.6 is 0 Å². The molecule has 0 aliphatic rings. The van der Waals surface area contributed by atoms with Gasteiger partial charge in [0, 0.05) is 11.4 Å². The number of carbonyl (C=O) groups excluding carboxylic acids is 2. The van der Waals surface area contributed by atoms with E-state index in [0.29, 0.717) is 22.9 Å². The molecule has 0 atom stereocenters. The van der Waals surface area contributed by atoms with E-state index in [1.54, 1.807) is 24.3 Å². The lowest BCUT2D eigenvalue weighted by molar-refractivity contribution is 0.214. The van der Waals surface area contributed by atoms with Crippen molar-refractivity contribution in [2.24, 2.45) is 0 Å². The summed E-state index contributed by atoms with van der Waals surface area (Å²) in [5, 5.41) is 5.53. The molecule has 0 aliphatic heterocycles. The summed E-state index contributed by atoms with van der Waals surface area (Å²) in [5.74, 6) is 1.10. The standard InChI is InChI=1S/C29H34N2O4/c1-4-6-12-22-14-8-10-16-26(22)34-28(32)30-24-19-18-21(3)25(20-24)31-29(33)35-27-17-11-9-15-23(27)13-7-5-2/h8-11,14-20H,4-7,12-13H2,1-3H3,(H,30,32)(H,31,33). The third kappa shape index (κ3) is 7.88. The zero-order valence-corrected chi connectivity index (χ0v) is 20.7. The van der Waals surface area contributed by atoms with Gasteiger partial charge >= 0.3 is 12.2 Å². The number of para-hydroxylation sites is 2. The molecule has 0 spiro atoms. The molecule has 0 saturated heterocycles. The van der Waals surface area contributed by atoms with E-state index in [1.807, 2.05) is 49.4 Å². The van der Waals surface area contributed by atoms with Crippen molar-refractivity contribution in [2.75, 3.05) is 10.6 Å². The number of hydrogen-bond acceptors (Lipinski definition) is 4. The molecular formula is C29H34N2O4. The molecule has 3 aromatic rings. The van der Waals surface area contributed by atoms with Crippen LogP contribution < -0.4 is 20.1 Å². The minimum atomic E-state index is -0.587. The molecule has 2 N–H and O–H groups in total. The molecule has 0 fully saturated rings. The lowest BCUT2D eigenvalue weighted by Crippen LogP contribution is -2.19. The Bertz CT molecular complexity index is 1140. The van der Waals surface area contributed by atoms with Crippen molar-refractivity contribution in [3.63, 3.8) is 0 Å². The smallest absolute Gasteiger partial charge is 0.410 e. The average molecular weight is 475 g/mol. The normalized spacial score (nSPS) is 10.5. The molecule has 0 aromatic heterocycles. The predicted octanol–water partition coefficient (Wildman–Crippen LogP) is 7.90. The molecule has 0 unspecified atom stereocenters. The van der Waals surface area contributed by atoms with Crippen molar-refractivity contribution in [1.82, 2.24) is 0 Å². The monoisotopic (exact) mass is 474 g/mol. The third-order valence-corrected chi connectivity index (χ3v) is 5.67. The molecule has 0 heterocycles. The molecule has 0 aliphatic carbocycles. The van der Waals surface area contributed by atoms with Crippen molar-refractivity contribution in [3.05, 3.63) is 83.4 Å². The van der Waals surface area contributed by atoms with Crippen LogP contribution in [-0.4, -0.2) is 12.2 Å². The van der Waals surface area contributed by atoms with Gasteiger partial charge in [-0.1, -0.05) is 69.2 Å². The number of amides is 2. The van der Waals surface area contributed by atoms with Crippen LogP contribution in [0.25, 0.3) is 0 Å². The van der Waals surface area contributed by atoms with Crippen LogP contribution in [0.3, 0.4) is 0 Å². The van der Waals surface area contributed by atoms with Crippen LogP contribution in [0.2, 0.25) is 0 Å². The maximum Gasteiger partial charge on any atom is 0.417 e. The van der Waals surface area contributed by atoms with E-state index in [-0.39, 0.29) is 0 Å². The van der Waals surface area contributed by atoms with Gasteiger partial charge in [-0.15, -0.1) is 0 Å². The van der Waals surface area contributed by atoms with E-state index in [1.165, 1.54) is 0 Å². The van der Waals surface area contributed by atoms with Crippen LogP contribution in [0.5, 0.6) is 11.5 Å². The largest absolute Gasteiger partial charge is 0.417 e. The number of benzene rings is 3. The first-order valence-electron chi connectivity index (χ1n) is 12.2. The Morgan fingerprint density at radius 2 is 1.23 bits per heavy atom. The fourth-order valence-electron chi connectivity index (χ4n) is 3.67. The summed E-state index contributed by atoms with van der Waals surface area (Å²) in [4.78, 5) is 25.2. The molecule has 0 saturated carbocycles. The van der Waals surface area contributed by atoms with Gasteiger partial charge in [-0.2, -0.15) is 0 Å². The number of anilines is 2. The Hall–Kier alpha value is -3.80. The summed E-state index contributed by atoms with van der Waals surface area (Å²) in [6.45, 7) is 6.12. The van der Waals surface area contributed by atoms with Crippen LogP contribution in [0.4, 0.5) is 21.0 Å². The minimum Gasteiger partial charge on any atom is -0.410 e. The van der Waals surface area contributed by atoms with E-state index in [4.69, 9.17) is 9.47 Å². The molecule has 6 heteroatoms. The van der Waals surface area contributed by atoms with Crippen LogP contribution in [-0.2, 0) is 12.8 Å². The molecule has 3 rings (SSSR count). The average Bonchev–Trinajstić information content (AvgIpc) is 2.85. The molecule has 184 valence electrons. The van der Waals surface area contributed by atoms with Crippen molar-refractivity contribution in [1.29, 1.82) is 0 Å². The van der Waals surface area contributed by atoms with Crippen LogP contribution in [0.1, 0.15) is 56.2 Å². The Labute approximate surface area is 207 Å². The lowest BCUT2D eigenvalue weighted by Gasteiger charge is -2.14. The summed E-state index contributed by atoms with van der Waals surface area (Å²) in [6, 6.07) is 20.4. The molecule has 3 aromatic carbocycles. The van der Waals surface area contributed by atoms with E-state index in [0.717, 1.165) is 55.2 Å². The number of aryl methyl sites for hydroxylation is 3. The lowest BCUT2D eigenvalue weighted by atomic mass is 10.1. The number of carbonyl (C=O) groups is 2. The first-order chi connectivity index (χ1) is 17.0. The predicted molar refractivity (Wildman–Crippen MR) is 141 cm³/mol. The second-order valence-corrected chi connectivity index (χ2v) is 8.48. The Kier molecular flexibility index (Phi) is 9.72. The van der Waals surface area contributed by atoms with Crippen molar-refractivity contribution < 1.29 is 19.1 Å². The second kappa shape index (κ2) is 13.2. The maximum atomic E-state index is 12.6. The molecule has 0 bridgehead atoms. The summed E-state index contributed by atoms with van der Waals surface area (Å²) >= 11 is 0. The summed E-state index contributed by atoms with van der Waals surface area (Å²) in [7, 11) is 0. The van der Waals surface area contributed by atoms with Gasteiger partial charge in [0.25, 0.3) is 0 Å². The van der Waals surface area contributed by atoms with Crippen molar-refractivity contribution in [2.45, 2.75) is 59.3 Å². The van der Waals surface area contributed by atoms with Gasteiger partial charge < -0.3 is 9.47 Å². The van der Waals surface area contributed by atoms with E-state index < -0.39 is 12.2 Å². The SMILES string of the molecule is CCCCc1ccccc1OC(=O)Nc1ccc(C)c(NC(=O)Oc2ccccc2CCCC)c1. The zero-order valence-electron chi connectivity index (χ0n) is 20.7. The first-order valence-corrected chi connectivity index (χ1v) is 12.2. The summed E-state index contributed by atoms with van der Waals surface area (Å²) < 4.78 is 11.1. The summed E-state index contributed by atoms with van der Waals surface area (Å²) in [6.07, 6.45) is 4.70. The quantitative estimate of drug-likeness (QED) is 0.313. The van der Waals surface area contributed by atoms with Gasteiger partial charge in [0.05, 0.1) is 0 Å². The van der Waals surface area contributed by atoms with Crippen molar-refractivity contribution in [3.8, 4) is 11.5 Å². The molecule has 6 nitrogen and oxygen atoms in total. The highest BCUT2D eigenvalue weighted by Crippen LogP contribution is 2.25. The Morgan fingerprint density at radius 1 is 0.714 bits per heavy atom. The Balaban J connectivity index is 1.64. The van der Waals surface area contributed by atoms with E-state index >= 15 is 0 Å². The fraction of sp³-hybridized carbons (Fsp3) is 0.310. The van der Waals surface area contributed by atoms with E-state index in [2.05, 4.69) is 24.5 Å². The summed E-state index contributed by atoms with van der Waals surface area (Å²) in [5.41, 5.74) is 3.88. The number of unbranched alkanes of at least 4 members (excludes halogenated alkanes) is 2. The Morgan fingerprint density at radius 3 is 1.77 bits per heavy atom. The van der Waals surface area contributed by atoms with Gasteiger partial charge in [-0.05, 0) is 73.6 Å². The van der Waals surface area contributed by atoms with Crippen LogP contribution in [0, 0.1) is 6.92 Å². The van der Waals surface area contributed by atoms with Gasteiger partial charge in [0.2, 0.25) is 0 Å². The van der Waals surface area contributed by atoms with Gasteiger partial charge in [-0.25, -0.2) is 9.59 Å². The highest BCUT2D eigenvalue weighted by molar-refractivity contribution is 5.91. The highest BCUT2D eigenvalue weighted by atomic mass is 16.6. The number of hydrogen-bond donors (Lipinski definition) is 2. The first kappa shape index (κ1) is 25.8. The minimum absolute atomic E-state index is 0.505. The third-order valence-electron chi connectivity index (χ3n) is 5.67. The molecule has 35 heavy (non-hydrogen) atoms. The maximum absolute atomic E-state index is 12.6. The van der Waals surface area contributed by atoms with E-state index in [9.17, 15) is 9.59 Å². The zero-order chi connectivity index (χ0) is 25.0. The van der Waals surface area contributed by atoms with Gasteiger partial charge in [0.1, 0.15) is 11.5 Å². The molecule has 0 radical (unpaired) electrons. The number of nitrogens with one attached hydrogen (secondary N) is 2. The molecule has 2 amide bonds. The highest BCUT2D eigenvalue weighted by Gasteiger charge is 2.13. The van der Waals surface area contributed by atoms with Gasteiger partial charge in [-0.3, -0.25) is 10.6 Å². The second-order valence-electron chi connectivity index (χ2n) is 8.48. The number of rotatable bonds is 10. The number of ether oxygens (including phenoxy) is 2. The van der Waals surface area contributed by atoms with Crippen LogP contribution in [0.15, 0.2) is 66.7 Å². The topological polar surface area (TPSA) is 76.7 Å². The molecular weight excluding hydrogens is 440 g/mol. The van der Waals surface area contributed by atoms with Gasteiger partial charge in [0.15, 0.2) is 0 Å².